The molecule has 1 amide bonds. The highest BCUT2D eigenvalue weighted by Gasteiger charge is 2.53. The number of rotatable bonds is 3. The molecule has 1 saturated heterocycles. The zero-order valence-electron chi connectivity index (χ0n) is 10.2. The molecule has 0 aromatic heterocycles. The minimum absolute atomic E-state index is 0.101. The van der Waals surface area contributed by atoms with Crippen LogP contribution in [0.1, 0.15) is 39.5 Å². The summed E-state index contributed by atoms with van der Waals surface area (Å²) in [7, 11) is 0. The van der Waals surface area contributed by atoms with E-state index in [1.165, 1.54) is 0 Å². The second kappa shape index (κ2) is 4.08. The van der Waals surface area contributed by atoms with Crippen LogP contribution in [0.15, 0.2) is 0 Å². The van der Waals surface area contributed by atoms with Gasteiger partial charge in [0.1, 0.15) is 5.41 Å². The molecule has 1 saturated carbocycles. The van der Waals surface area contributed by atoms with Crippen molar-refractivity contribution < 1.29 is 4.79 Å². The Morgan fingerprint density at radius 2 is 1.81 bits per heavy atom. The second-order valence-corrected chi connectivity index (χ2v) is 5.24. The van der Waals surface area contributed by atoms with E-state index in [2.05, 4.69) is 19.9 Å². The molecule has 3 nitrogen and oxygen atoms in total. The van der Waals surface area contributed by atoms with Crippen LogP contribution in [0.3, 0.4) is 0 Å². The van der Waals surface area contributed by atoms with Gasteiger partial charge >= 0.3 is 0 Å². The first-order valence-corrected chi connectivity index (χ1v) is 6.37. The third kappa shape index (κ3) is 1.71. The van der Waals surface area contributed by atoms with E-state index in [1.807, 2.05) is 4.90 Å². The Hall–Kier alpha value is -1.04. The lowest BCUT2D eigenvalue weighted by molar-refractivity contribution is -0.134. The number of carbonyl (C=O) groups is 1. The van der Waals surface area contributed by atoms with E-state index in [-0.39, 0.29) is 5.91 Å². The molecule has 16 heavy (non-hydrogen) atoms. The summed E-state index contributed by atoms with van der Waals surface area (Å²) in [6.45, 7) is 6.13. The van der Waals surface area contributed by atoms with Crippen molar-refractivity contribution in [2.45, 2.75) is 39.5 Å². The van der Waals surface area contributed by atoms with Crippen LogP contribution in [0.25, 0.3) is 0 Å². The van der Waals surface area contributed by atoms with Gasteiger partial charge in [0.15, 0.2) is 0 Å². The Kier molecular flexibility index (Phi) is 2.92. The van der Waals surface area contributed by atoms with E-state index in [4.69, 9.17) is 5.26 Å². The first-order valence-electron chi connectivity index (χ1n) is 6.37. The van der Waals surface area contributed by atoms with Crippen LogP contribution in [0.2, 0.25) is 0 Å². The lowest BCUT2D eigenvalue weighted by Crippen LogP contribution is -2.35. The summed E-state index contributed by atoms with van der Waals surface area (Å²) >= 11 is 0. The maximum atomic E-state index is 12.2. The van der Waals surface area contributed by atoms with E-state index in [9.17, 15) is 4.79 Å². The number of nitriles is 1. The van der Waals surface area contributed by atoms with E-state index < -0.39 is 5.41 Å². The standard InChI is InChI=1S/C13H20N2O/c1-3-10-7-15(8-11(10)4-2)12(16)13(9-14)5-6-13/h10-11H,3-8H2,1-2H3. The summed E-state index contributed by atoms with van der Waals surface area (Å²) in [5.74, 6) is 1.39. The Morgan fingerprint density at radius 3 is 2.12 bits per heavy atom. The van der Waals surface area contributed by atoms with Crippen molar-refractivity contribution in [1.29, 1.82) is 5.26 Å². The highest BCUT2D eigenvalue weighted by Crippen LogP contribution is 2.47. The molecule has 2 rings (SSSR count). The van der Waals surface area contributed by atoms with E-state index in [0.29, 0.717) is 11.8 Å². The Balaban J connectivity index is 2.03. The van der Waals surface area contributed by atoms with Gasteiger partial charge in [0.25, 0.3) is 0 Å². The van der Waals surface area contributed by atoms with Crippen LogP contribution in [0.5, 0.6) is 0 Å². The molecule has 0 aromatic carbocycles. The summed E-state index contributed by atoms with van der Waals surface area (Å²) in [5.41, 5.74) is -0.624. The molecule has 0 spiro atoms. The van der Waals surface area contributed by atoms with E-state index >= 15 is 0 Å². The van der Waals surface area contributed by atoms with Crippen LogP contribution in [-0.4, -0.2) is 23.9 Å². The number of hydrogen-bond donors (Lipinski definition) is 0. The zero-order chi connectivity index (χ0) is 11.8. The first-order chi connectivity index (χ1) is 7.66. The predicted molar refractivity (Wildman–Crippen MR) is 61.4 cm³/mol. The van der Waals surface area contributed by atoms with E-state index in [0.717, 1.165) is 38.8 Å². The number of amides is 1. The van der Waals surface area contributed by atoms with Gasteiger partial charge in [-0.2, -0.15) is 5.26 Å². The normalized spacial score (nSPS) is 31.2. The predicted octanol–water partition coefficient (Wildman–Crippen LogP) is 2.18. The maximum absolute atomic E-state index is 12.2. The topological polar surface area (TPSA) is 44.1 Å². The number of likely N-dealkylation sites (tertiary alicyclic amines) is 1. The number of nitrogens with zero attached hydrogens (tertiary/aromatic N) is 2. The van der Waals surface area contributed by atoms with Crippen LogP contribution >= 0.6 is 0 Å². The van der Waals surface area contributed by atoms with Crippen molar-refractivity contribution in [2.75, 3.05) is 13.1 Å². The van der Waals surface area contributed by atoms with Gasteiger partial charge in [-0.1, -0.05) is 26.7 Å². The Labute approximate surface area is 97.4 Å². The van der Waals surface area contributed by atoms with Gasteiger partial charge in [-0.05, 0) is 24.7 Å². The minimum Gasteiger partial charge on any atom is -0.341 e. The molecule has 1 aliphatic heterocycles. The van der Waals surface area contributed by atoms with Gasteiger partial charge in [0.2, 0.25) is 5.91 Å². The third-order valence-electron chi connectivity index (χ3n) is 4.29. The van der Waals surface area contributed by atoms with Crippen molar-refractivity contribution >= 4 is 5.91 Å². The molecular weight excluding hydrogens is 200 g/mol. The number of hydrogen-bond acceptors (Lipinski definition) is 2. The van der Waals surface area contributed by atoms with Gasteiger partial charge in [-0.3, -0.25) is 4.79 Å². The van der Waals surface area contributed by atoms with Gasteiger partial charge in [-0.25, -0.2) is 0 Å². The minimum atomic E-state index is -0.624. The lowest BCUT2D eigenvalue weighted by Gasteiger charge is -2.18. The van der Waals surface area contributed by atoms with Crippen molar-refractivity contribution in [3.8, 4) is 6.07 Å². The molecule has 88 valence electrons. The molecule has 1 heterocycles. The maximum Gasteiger partial charge on any atom is 0.243 e. The molecule has 2 unspecified atom stereocenters. The van der Waals surface area contributed by atoms with Gasteiger partial charge < -0.3 is 4.90 Å². The first kappa shape index (κ1) is 11.4. The molecular formula is C13H20N2O. The van der Waals surface area contributed by atoms with Crippen molar-refractivity contribution in [3.63, 3.8) is 0 Å². The van der Waals surface area contributed by atoms with Crippen LogP contribution in [-0.2, 0) is 4.79 Å². The summed E-state index contributed by atoms with van der Waals surface area (Å²) in [6, 6.07) is 2.20. The van der Waals surface area contributed by atoms with Crippen molar-refractivity contribution in [2.24, 2.45) is 17.3 Å². The fraction of sp³-hybridized carbons (Fsp3) is 0.846. The molecule has 2 fully saturated rings. The third-order valence-corrected chi connectivity index (χ3v) is 4.29. The fourth-order valence-corrected chi connectivity index (χ4v) is 2.83. The molecule has 3 heteroatoms. The molecule has 0 radical (unpaired) electrons. The highest BCUT2D eigenvalue weighted by molar-refractivity contribution is 5.88. The van der Waals surface area contributed by atoms with Crippen LogP contribution < -0.4 is 0 Å². The highest BCUT2D eigenvalue weighted by atomic mass is 16.2. The lowest BCUT2D eigenvalue weighted by atomic mass is 9.92. The van der Waals surface area contributed by atoms with Gasteiger partial charge in [-0.15, -0.1) is 0 Å². The SMILES string of the molecule is CCC1CN(C(=O)C2(C#N)CC2)CC1CC. The second-order valence-electron chi connectivity index (χ2n) is 5.24. The summed E-state index contributed by atoms with van der Waals surface area (Å²) in [5, 5.41) is 9.04. The van der Waals surface area contributed by atoms with Crippen LogP contribution in [0.4, 0.5) is 0 Å². The average molecular weight is 220 g/mol. The molecule has 1 aliphatic carbocycles. The average Bonchev–Trinajstić information content (AvgIpc) is 3.01. The Morgan fingerprint density at radius 1 is 1.31 bits per heavy atom. The fourth-order valence-electron chi connectivity index (χ4n) is 2.83. The van der Waals surface area contributed by atoms with Crippen molar-refractivity contribution in [3.05, 3.63) is 0 Å². The molecule has 0 bridgehead atoms. The van der Waals surface area contributed by atoms with Gasteiger partial charge in [0.05, 0.1) is 6.07 Å². The number of carbonyl (C=O) groups excluding carboxylic acids is 1. The smallest absolute Gasteiger partial charge is 0.243 e. The zero-order valence-corrected chi connectivity index (χ0v) is 10.2. The molecule has 0 N–H and O–H groups in total. The monoisotopic (exact) mass is 220 g/mol. The van der Waals surface area contributed by atoms with E-state index in [1.54, 1.807) is 0 Å². The van der Waals surface area contributed by atoms with Crippen molar-refractivity contribution in [1.82, 2.24) is 4.90 Å². The Bertz CT molecular complexity index is 315. The summed E-state index contributed by atoms with van der Waals surface area (Å²) in [6.07, 6.45) is 3.82. The molecule has 0 aromatic rings. The van der Waals surface area contributed by atoms with Crippen LogP contribution in [0, 0.1) is 28.6 Å². The molecule has 2 atom stereocenters. The summed E-state index contributed by atoms with van der Waals surface area (Å²) in [4.78, 5) is 14.1. The summed E-state index contributed by atoms with van der Waals surface area (Å²) < 4.78 is 0. The van der Waals surface area contributed by atoms with Gasteiger partial charge in [0, 0.05) is 13.1 Å². The largest absolute Gasteiger partial charge is 0.341 e. The quantitative estimate of drug-likeness (QED) is 0.731. The molecule has 2 aliphatic rings.